The summed E-state index contributed by atoms with van der Waals surface area (Å²) < 4.78 is 1.93. The molecule has 1 aliphatic heterocycles. The molecule has 0 radical (unpaired) electrons. The molecule has 0 unspecified atom stereocenters. The number of hydrogen-bond acceptors (Lipinski definition) is 4. The van der Waals surface area contributed by atoms with Crippen molar-refractivity contribution < 1.29 is 4.79 Å². The van der Waals surface area contributed by atoms with Crippen molar-refractivity contribution >= 4 is 16.9 Å². The average Bonchev–Trinajstić information content (AvgIpc) is 3.36. The number of aromatic amines is 1. The molecule has 8 heteroatoms. The zero-order valence-corrected chi connectivity index (χ0v) is 17.7. The van der Waals surface area contributed by atoms with Crippen LogP contribution in [0.5, 0.6) is 0 Å². The highest BCUT2D eigenvalue weighted by Crippen LogP contribution is 2.45. The number of fused-ring (bicyclic) bond motifs is 1. The predicted octanol–water partition coefficient (Wildman–Crippen LogP) is 3.07. The van der Waals surface area contributed by atoms with E-state index in [4.69, 9.17) is 10.1 Å². The van der Waals surface area contributed by atoms with Crippen LogP contribution in [0.25, 0.3) is 10.9 Å². The Morgan fingerprint density at radius 1 is 1.20 bits per heavy atom. The second-order valence-electron chi connectivity index (χ2n) is 8.53. The molecule has 3 aromatic rings. The summed E-state index contributed by atoms with van der Waals surface area (Å²) in [6.07, 6.45) is 7.08. The molecule has 2 aromatic heterocycles. The van der Waals surface area contributed by atoms with Crippen LogP contribution in [0.1, 0.15) is 67.2 Å². The minimum atomic E-state index is 0.0351. The zero-order valence-electron chi connectivity index (χ0n) is 17.7. The third-order valence-electron chi connectivity index (χ3n) is 6.44. The summed E-state index contributed by atoms with van der Waals surface area (Å²) in [7, 11) is 1.99. The van der Waals surface area contributed by atoms with Crippen molar-refractivity contribution in [2.45, 2.75) is 50.9 Å². The van der Waals surface area contributed by atoms with E-state index in [1.54, 1.807) is 0 Å². The van der Waals surface area contributed by atoms with Crippen molar-refractivity contribution in [1.82, 2.24) is 35.2 Å². The molecule has 0 spiro atoms. The number of carbonyl (C=O) groups excluding carboxylic acids is 1. The maximum atomic E-state index is 12.0. The maximum Gasteiger partial charge on any atom is 0.317 e. The first kappa shape index (κ1) is 19.1. The molecule has 158 valence electrons. The van der Waals surface area contributed by atoms with E-state index < -0.39 is 0 Å². The van der Waals surface area contributed by atoms with Crippen LogP contribution in [0.4, 0.5) is 4.79 Å². The van der Waals surface area contributed by atoms with Gasteiger partial charge in [-0.05, 0) is 55.7 Å². The number of H-pyrrole nitrogens is 1. The summed E-state index contributed by atoms with van der Waals surface area (Å²) in [6, 6.07) is 4.37. The molecule has 2 amide bonds. The van der Waals surface area contributed by atoms with E-state index in [9.17, 15) is 4.79 Å². The Morgan fingerprint density at radius 2 is 2.00 bits per heavy atom. The summed E-state index contributed by atoms with van der Waals surface area (Å²) in [5.41, 5.74) is 3.87. The Kier molecular flexibility index (Phi) is 4.92. The number of amides is 2. The summed E-state index contributed by atoms with van der Waals surface area (Å²) in [4.78, 5) is 18.9. The second kappa shape index (κ2) is 7.74. The fourth-order valence-electron chi connectivity index (χ4n) is 4.63. The first-order valence-electron chi connectivity index (χ1n) is 11.0. The predicted molar refractivity (Wildman–Crippen MR) is 114 cm³/mol. The monoisotopic (exact) mass is 407 g/mol. The van der Waals surface area contributed by atoms with Crippen molar-refractivity contribution in [3.63, 3.8) is 0 Å². The summed E-state index contributed by atoms with van der Waals surface area (Å²) in [5.74, 6) is 2.88. The van der Waals surface area contributed by atoms with Crippen molar-refractivity contribution in [3.05, 3.63) is 41.1 Å². The van der Waals surface area contributed by atoms with E-state index in [0.29, 0.717) is 18.4 Å². The highest BCUT2D eigenvalue weighted by Gasteiger charge is 2.30. The van der Waals surface area contributed by atoms with E-state index >= 15 is 0 Å². The van der Waals surface area contributed by atoms with Crippen LogP contribution in [0.15, 0.2) is 18.3 Å². The minimum absolute atomic E-state index is 0.0351. The van der Waals surface area contributed by atoms with E-state index in [1.165, 1.54) is 29.4 Å². The summed E-state index contributed by atoms with van der Waals surface area (Å²) in [5, 5.41) is 16.2. The number of hydrogen-bond donors (Lipinski definition) is 2. The maximum absolute atomic E-state index is 12.0. The Morgan fingerprint density at radius 3 is 2.73 bits per heavy atom. The first-order chi connectivity index (χ1) is 14.6. The average molecular weight is 408 g/mol. The van der Waals surface area contributed by atoms with E-state index in [-0.39, 0.29) is 6.03 Å². The molecule has 0 bridgehead atoms. The molecule has 2 aliphatic rings. The topological polar surface area (TPSA) is 91.7 Å². The van der Waals surface area contributed by atoms with Crippen LogP contribution in [0.2, 0.25) is 0 Å². The van der Waals surface area contributed by atoms with Crippen molar-refractivity contribution in [3.8, 4) is 0 Å². The standard InChI is InChI=1S/C22H29N7O/c1-3-23-22(30)29-10-8-15(9-11-29)21-25-19(28(2)27-21)12-16-6-7-18-17(13-24-26-18)20(16)14-4-5-14/h6-7,13-15H,3-5,8-12H2,1-2H3,(H,23,30)(H,24,26). The van der Waals surface area contributed by atoms with E-state index in [1.807, 2.05) is 29.7 Å². The number of urea groups is 1. The zero-order chi connectivity index (χ0) is 20.7. The number of carbonyl (C=O) groups is 1. The Bertz CT molecular complexity index is 1060. The highest BCUT2D eigenvalue weighted by molar-refractivity contribution is 5.84. The fourth-order valence-corrected chi connectivity index (χ4v) is 4.63. The van der Waals surface area contributed by atoms with Gasteiger partial charge in [0.2, 0.25) is 0 Å². The van der Waals surface area contributed by atoms with Gasteiger partial charge in [-0.15, -0.1) is 0 Å². The van der Waals surface area contributed by atoms with Gasteiger partial charge in [-0.2, -0.15) is 10.2 Å². The van der Waals surface area contributed by atoms with Gasteiger partial charge < -0.3 is 10.2 Å². The van der Waals surface area contributed by atoms with Crippen LogP contribution in [-0.4, -0.2) is 55.5 Å². The molecule has 3 heterocycles. The SMILES string of the molecule is CCNC(=O)N1CCC(c2nc(Cc3ccc4[nH]ncc4c3C3CC3)n(C)n2)CC1. The number of piperidine rings is 1. The number of aromatic nitrogens is 5. The number of aryl methyl sites for hydroxylation is 1. The molecule has 30 heavy (non-hydrogen) atoms. The molecule has 1 aliphatic carbocycles. The van der Waals surface area contributed by atoms with Gasteiger partial charge in [0.25, 0.3) is 0 Å². The number of rotatable bonds is 5. The molecule has 1 saturated carbocycles. The summed E-state index contributed by atoms with van der Waals surface area (Å²) in [6.45, 7) is 4.13. The van der Waals surface area contributed by atoms with Crippen LogP contribution < -0.4 is 5.32 Å². The van der Waals surface area contributed by atoms with Crippen LogP contribution in [0, 0.1) is 0 Å². The minimum Gasteiger partial charge on any atom is -0.338 e. The Hall–Kier alpha value is -2.90. The largest absolute Gasteiger partial charge is 0.338 e. The lowest BCUT2D eigenvalue weighted by molar-refractivity contribution is 0.181. The van der Waals surface area contributed by atoms with Gasteiger partial charge >= 0.3 is 6.03 Å². The number of benzene rings is 1. The molecule has 0 atom stereocenters. The lowest BCUT2D eigenvalue weighted by Gasteiger charge is -2.30. The van der Waals surface area contributed by atoms with Crippen molar-refractivity contribution in [2.24, 2.45) is 7.05 Å². The molecule has 5 rings (SSSR count). The van der Waals surface area contributed by atoms with Crippen molar-refractivity contribution in [2.75, 3.05) is 19.6 Å². The number of nitrogens with one attached hydrogen (secondary N) is 2. The molecule has 2 fully saturated rings. The van der Waals surface area contributed by atoms with Crippen LogP contribution in [-0.2, 0) is 13.5 Å². The van der Waals surface area contributed by atoms with Gasteiger partial charge in [0.1, 0.15) is 5.82 Å². The van der Waals surface area contributed by atoms with Gasteiger partial charge in [0, 0.05) is 44.4 Å². The van der Waals surface area contributed by atoms with E-state index in [0.717, 1.165) is 49.5 Å². The fraction of sp³-hybridized carbons (Fsp3) is 0.545. The molecular weight excluding hydrogens is 378 g/mol. The smallest absolute Gasteiger partial charge is 0.317 e. The van der Waals surface area contributed by atoms with Crippen molar-refractivity contribution in [1.29, 1.82) is 0 Å². The first-order valence-corrected chi connectivity index (χ1v) is 11.0. The molecule has 8 nitrogen and oxygen atoms in total. The third kappa shape index (κ3) is 3.55. The Balaban J connectivity index is 1.33. The number of likely N-dealkylation sites (tertiary alicyclic amines) is 1. The van der Waals surface area contributed by atoms with Crippen LogP contribution in [0.3, 0.4) is 0 Å². The lowest BCUT2D eigenvalue weighted by atomic mass is 9.96. The normalized spacial score (nSPS) is 17.6. The van der Waals surface area contributed by atoms with Gasteiger partial charge in [-0.3, -0.25) is 9.78 Å². The third-order valence-corrected chi connectivity index (χ3v) is 6.44. The molecule has 1 saturated heterocycles. The van der Waals surface area contributed by atoms with Gasteiger partial charge in [0.05, 0.1) is 11.7 Å². The Labute approximate surface area is 176 Å². The van der Waals surface area contributed by atoms with Gasteiger partial charge in [-0.25, -0.2) is 9.78 Å². The van der Waals surface area contributed by atoms with E-state index in [2.05, 4.69) is 27.6 Å². The summed E-state index contributed by atoms with van der Waals surface area (Å²) >= 11 is 0. The highest BCUT2D eigenvalue weighted by atomic mass is 16.2. The quantitative estimate of drug-likeness (QED) is 0.680. The molecule has 2 N–H and O–H groups in total. The molecule has 1 aromatic carbocycles. The second-order valence-corrected chi connectivity index (χ2v) is 8.53. The molecular formula is C22H29N7O. The van der Waals surface area contributed by atoms with Crippen LogP contribution >= 0.6 is 0 Å². The van der Waals surface area contributed by atoms with Gasteiger partial charge in [-0.1, -0.05) is 6.07 Å². The lowest BCUT2D eigenvalue weighted by Crippen LogP contribution is -2.44. The van der Waals surface area contributed by atoms with Gasteiger partial charge in [0.15, 0.2) is 5.82 Å². The number of nitrogens with zero attached hydrogens (tertiary/aromatic N) is 5.